The van der Waals surface area contributed by atoms with Crippen LogP contribution in [0, 0.1) is 6.92 Å². The molecular weight excluding hydrogens is 448 g/mol. The van der Waals surface area contributed by atoms with Gasteiger partial charge in [0, 0.05) is 23.2 Å². The van der Waals surface area contributed by atoms with E-state index >= 15 is 0 Å². The van der Waals surface area contributed by atoms with Gasteiger partial charge in [0.2, 0.25) is 0 Å². The molecule has 2 aromatic rings. The highest BCUT2D eigenvalue weighted by atomic mass is 79.9. The van der Waals surface area contributed by atoms with Crippen LogP contribution in [0.25, 0.3) is 0 Å². The molecule has 3 rings (SSSR count). The Morgan fingerprint density at radius 1 is 1.18 bits per heavy atom. The molecule has 9 heteroatoms. The molecule has 1 aliphatic heterocycles. The second kappa shape index (κ2) is 8.50. The maximum Gasteiger partial charge on any atom is 0.261 e. The molecule has 0 atom stereocenters. The second-order valence-electron chi connectivity index (χ2n) is 6.34. The number of sulfonamides is 1. The third kappa shape index (κ3) is 4.48. The molecule has 1 N–H and O–H groups in total. The highest BCUT2D eigenvalue weighted by Crippen LogP contribution is 2.27. The molecule has 0 bridgehead atoms. The van der Waals surface area contributed by atoms with Crippen molar-refractivity contribution in [2.75, 3.05) is 38.1 Å². The van der Waals surface area contributed by atoms with Crippen LogP contribution < -0.4 is 9.46 Å². The van der Waals surface area contributed by atoms with Gasteiger partial charge in [-0.25, -0.2) is 8.42 Å². The number of carbonyl (C=O) groups excluding carboxylic acids is 1. The first-order valence-corrected chi connectivity index (χ1v) is 10.9. The lowest BCUT2D eigenvalue weighted by Gasteiger charge is -2.27. The molecule has 0 radical (unpaired) electrons. The van der Waals surface area contributed by atoms with Crippen LogP contribution in [-0.2, 0) is 14.8 Å². The number of hydrogen-bond donors (Lipinski definition) is 1. The number of hydrogen-bond acceptors (Lipinski definition) is 5. The van der Waals surface area contributed by atoms with E-state index in [9.17, 15) is 13.2 Å². The molecule has 0 unspecified atom stereocenters. The Morgan fingerprint density at radius 2 is 1.89 bits per heavy atom. The molecular formula is C19H21BrN2O5S. The van der Waals surface area contributed by atoms with Gasteiger partial charge in [0.15, 0.2) is 0 Å². The maximum atomic E-state index is 12.9. The summed E-state index contributed by atoms with van der Waals surface area (Å²) in [5.41, 5.74) is 1.55. The van der Waals surface area contributed by atoms with Crippen LogP contribution in [0.15, 0.2) is 45.8 Å². The smallest absolute Gasteiger partial charge is 0.261 e. The minimum absolute atomic E-state index is 0.00881. The van der Waals surface area contributed by atoms with Crippen LogP contribution >= 0.6 is 15.9 Å². The van der Waals surface area contributed by atoms with Gasteiger partial charge in [-0.1, -0.05) is 15.9 Å². The van der Waals surface area contributed by atoms with E-state index in [1.165, 1.54) is 25.3 Å². The molecule has 150 valence electrons. The number of nitrogens with one attached hydrogen (secondary N) is 1. The summed E-state index contributed by atoms with van der Waals surface area (Å²) in [6.45, 7) is 3.69. The average Bonchev–Trinajstić information content (AvgIpc) is 2.70. The molecule has 1 heterocycles. The molecule has 0 spiro atoms. The van der Waals surface area contributed by atoms with Crippen molar-refractivity contribution >= 4 is 37.5 Å². The third-order valence-corrected chi connectivity index (χ3v) is 6.69. The van der Waals surface area contributed by atoms with Gasteiger partial charge in [-0.15, -0.1) is 0 Å². The lowest BCUT2D eigenvalue weighted by molar-refractivity contribution is 0.0300. The van der Waals surface area contributed by atoms with E-state index in [1.807, 2.05) is 6.92 Å². The van der Waals surface area contributed by atoms with Crippen molar-refractivity contribution in [3.63, 3.8) is 0 Å². The molecule has 1 saturated heterocycles. The largest absolute Gasteiger partial charge is 0.496 e. The Kier molecular flexibility index (Phi) is 6.26. The van der Waals surface area contributed by atoms with Gasteiger partial charge in [-0.3, -0.25) is 9.52 Å². The van der Waals surface area contributed by atoms with Crippen molar-refractivity contribution in [2.45, 2.75) is 11.8 Å². The van der Waals surface area contributed by atoms with E-state index < -0.39 is 10.0 Å². The summed E-state index contributed by atoms with van der Waals surface area (Å²) >= 11 is 3.39. The number of nitrogens with zero attached hydrogens (tertiary/aromatic N) is 1. The van der Waals surface area contributed by atoms with Gasteiger partial charge in [-0.2, -0.15) is 0 Å². The van der Waals surface area contributed by atoms with Gasteiger partial charge in [0.05, 0.1) is 30.8 Å². The first-order chi connectivity index (χ1) is 13.3. The Balaban J connectivity index is 1.92. The number of ether oxygens (including phenoxy) is 2. The lowest BCUT2D eigenvalue weighted by atomic mass is 10.1. The molecule has 0 aromatic heterocycles. The number of rotatable bonds is 5. The van der Waals surface area contributed by atoms with E-state index in [2.05, 4.69) is 20.7 Å². The molecule has 1 aliphatic rings. The molecule has 0 saturated carbocycles. The van der Waals surface area contributed by atoms with E-state index in [1.54, 1.807) is 23.1 Å². The van der Waals surface area contributed by atoms with Crippen LogP contribution in [0.3, 0.4) is 0 Å². The number of anilines is 1. The summed E-state index contributed by atoms with van der Waals surface area (Å²) in [7, 11) is -2.42. The third-order valence-electron chi connectivity index (χ3n) is 4.42. The van der Waals surface area contributed by atoms with Crippen molar-refractivity contribution in [1.82, 2.24) is 4.90 Å². The summed E-state index contributed by atoms with van der Waals surface area (Å²) in [5, 5.41) is 0. The topological polar surface area (TPSA) is 84.9 Å². The summed E-state index contributed by atoms with van der Waals surface area (Å²) in [5.74, 6) is 0.0478. The number of benzene rings is 2. The SMILES string of the molecule is COc1ccc(S(=O)(=O)Nc2ccc(Br)c(C)c2)cc1C(=O)N1CCOCC1. The molecule has 0 aliphatic carbocycles. The van der Waals surface area contributed by atoms with Gasteiger partial charge < -0.3 is 14.4 Å². The Bertz CT molecular complexity index is 988. The standard InChI is InChI=1S/C19H21BrN2O5S/c1-13-11-14(3-5-17(13)20)21-28(24,25)15-4-6-18(26-2)16(12-15)19(23)22-7-9-27-10-8-22/h3-6,11-12,21H,7-10H2,1-2H3. The fourth-order valence-corrected chi connectivity index (χ4v) is 4.20. The fourth-order valence-electron chi connectivity index (χ4n) is 2.88. The first-order valence-electron chi connectivity index (χ1n) is 8.66. The zero-order valence-electron chi connectivity index (χ0n) is 15.6. The predicted molar refractivity (Wildman–Crippen MR) is 109 cm³/mol. The summed E-state index contributed by atoms with van der Waals surface area (Å²) < 4.78 is 39.7. The Morgan fingerprint density at radius 3 is 2.54 bits per heavy atom. The molecule has 7 nitrogen and oxygen atoms in total. The average molecular weight is 469 g/mol. The number of amides is 1. The van der Waals surface area contributed by atoms with Gasteiger partial charge in [0.25, 0.3) is 15.9 Å². The van der Waals surface area contributed by atoms with Crippen LogP contribution in [0.1, 0.15) is 15.9 Å². The van der Waals surface area contributed by atoms with Gasteiger partial charge >= 0.3 is 0 Å². The van der Waals surface area contributed by atoms with Gasteiger partial charge in [0.1, 0.15) is 5.75 Å². The maximum absolute atomic E-state index is 12.9. The Hall–Kier alpha value is -2.10. The van der Waals surface area contributed by atoms with E-state index in [-0.39, 0.29) is 16.4 Å². The molecule has 1 amide bonds. The van der Waals surface area contributed by atoms with Gasteiger partial charge in [-0.05, 0) is 48.9 Å². The normalized spacial score (nSPS) is 14.6. The van der Waals surface area contributed by atoms with Crippen molar-refractivity contribution < 1.29 is 22.7 Å². The van der Waals surface area contributed by atoms with Crippen LogP contribution in [-0.4, -0.2) is 52.6 Å². The second-order valence-corrected chi connectivity index (χ2v) is 8.87. The number of morpholine rings is 1. The molecule has 28 heavy (non-hydrogen) atoms. The van der Waals surface area contributed by atoms with Crippen molar-refractivity contribution in [1.29, 1.82) is 0 Å². The lowest BCUT2D eigenvalue weighted by Crippen LogP contribution is -2.40. The Labute approximate surface area is 172 Å². The van der Waals surface area contributed by atoms with Crippen LogP contribution in [0.5, 0.6) is 5.75 Å². The first kappa shape index (κ1) is 20.6. The zero-order chi connectivity index (χ0) is 20.3. The number of halogens is 1. The quantitative estimate of drug-likeness (QED) is 0.728. The summed E-state index contributed by atoms with van der Waals surface area (Å²) in [6.07, 6.45) is 0. The highest BCUT2D eigenvalue weighted by Gasteiger charge is 2.24. The van der Waals surface area contributed by atoms with Crippen LogP contribution in [0.2, 0.25) is 0 Å². The zero-order valence-corrected chi connectivity index (χ0v) is 18.0. The molecule has 1 fully saturated rings. The van der Waals surface area contributed by atoms with Crippen molar-refractivity contribution in [2.24, 2.45) is 0 Å². The minimum Gasteiger partial charge on any atom is -0.496 e. The van der Waals surface area contributed by atoms with E-state index in [4.69, 9.17) is 9.47 Å². The fraction of sp³-hybridized carbons (Fsp3) is 0.316. The predicted octanol–water partition coefficient (Wildman–Crippen LogP) is 3.04. The van der Waals surface area contributed by atoms with Crippen LogP contribution in [0.4, 0.5) is 5.69 Å². The molecule has 2 aromatic carbocycles. The summed E-state index contributed by atoms with van der Waals surface area (Å²) in [6, 6.07) is 9.43. The number of methoxy groups -OCH3 is 1. The van der Waals surface area contributed by atoms with E-state index in [0.29, 0.717) is 37.7 Å². The number of carbonyl (C=O) groups is 1. The summed E-state index contributed by atoms with van der Waals surface area (Å²) in [4.78, 5) is 14.5. The van der Waals surface area contributed by atoms with Crippen molar-refractivity contribution in [3.05, 3.63) is 52.0 Å². The monoisotopic (exact) mass is 468 g/mol. The van der Waals surface area contributed by atoms with E-state index in [0.717, 1.165) is 10.0 Å². The number of aryl methyl sites for hydroxylation is 1. The highest BCUT2D eigenvalue weighted by molar-refractivity contribution is 9.10. The van der Waals surface area contributed by atoms with Crippen molar-refractivity contribution in [3.8, 4) is 5.75 Å². The minimum atomic E-state index is -3.87.